The van der Waals surface area contributed by atoms with Crippen LogP contribution >= 0.6 is 11.6 Å². The van der Waals surface area contributed by atoms with E-state index in [4.69, 9.17) is 21.4 Å². The minimum Gasteiger partial charge on any atom is -0.497 e. The Morgan fingerprint density at radius 2 is 2.18 bits per heavy atom. The molecule has 3 aromatic rings. The number of rotatable bonds is 4. The molecule has 0 bridgehead atoms. The average molecular weight is 317 g/mol. The third kappa shape index (κ3) is 2.63. The Bertz CT molecular complexity index is 858. The minimum atomic E-state index is -0.910. The molecular weight excluding hydrogens is 304 g/mol. The van der Waals surface area contributed by atoms with Crippen LogP contribution in [0.2, 0.25) is 5.02 Å². The molecule has 0 saturated heterocycles. The summed E-state index contributed by atoms with van der Waals surface area (Å²) in [5.74, 6) is -0.233. The summed E-state index contributed by atoms with van der Waals surface area (Å²) >= 11 is 6.32. The second kappa shape index (κ2) is 5.69. The van der Waals surface area contributed by atoms with Crippen LogP contribution in [0.3, 0.4) is 0 Å². The van der Waals surface area contributed by atoms with E-state index in [1.165, 1.54) is 0 Å². The molecule has 6 heteroatoms. The zero-order valence-electron chi connectivity index (χ0n) is 11.8. The predicted molar refractivity (Wildman–Crippen MR) is 83.5 cm³/mol. The van der Waals surface area contributed by atoms with Crippen molar-refractivity contribution in [3.63, 3.8) is 0 Å². The molecule has 0 atom stereocenters. The summed E-state index contributed by atoms with van der Waals surface area (Å²) in [6.45, 7) is 0. The van der Waals surface area contributed by atoms with Gasteiger partial charge in [-0.1, -0.05) is 11.6 Å². The van der Waals surface area contributed by atoms with Gasteiger partial charge < -0.3 is 14.2 Å². The van der Waals surface area contributed by atoms with Crippen molar-refractivity contribution in [1.29, 1.82) is 0 Å². The summed E-state index contributed by atoms with van der Waals surface area (Å²) in [5, 5.41) is 9.45. The standard InChI is InChI=1S/C16H13ClN2O3/c1-22-11-4-5-12(14(17)8-11)13-3-2-6-19-9-10(7-15(20)21)18-16(13)19/h2-6,8-9H,7H2,1H3,(H,20,21). The number of hydrogen-bond acceptors (Lipinski definition) is 3. The number of aromatic nitrogens is 2. The number of hydrogen-bond donors (Lipinski definition) is 1. The van der Waals surface area contributed by atoms with Gasteiger partial charge in [0.2, 0.25) is 0 Å². The van der Waals surface area contributed by atoms with E-state index in [2.05, 4.69) is 4.98 Å². The number of nitrogens with zero attached hydrogens (tertiary/aromatic N) is 2. The Morgan fingerprint density at radius 3 is 2.86 bits per heavy atom. The van der Waals surface area contributed by atoms with Crippen LogP contribution < -0.4 is 4.74 Å². The average Bonchev–Trinajstić information content (AvgIpc) is 2.88. The first-order chi connectivity index (χ1) is 10.6. The quantitative estimate of drug-likeness (QED) is 0.802. The molecule has 0 amide bonds. The van der Waals surface area contributed by atoms with Gasteiger partial charge in [-0.2, -0.15) is 0 Å². The fraction of sp³-hybridized carbons (Fsp3) is 0.125. The van der Waals surface area contributed by atoms with Crippen LogP contribution in [0.15, 0.2) is 42.7 Å². The largest absolute Gasteiger partial charge is 0.497 e. The zero-order valence-corrected chi connectivity index (χ0v) is 12.5. The maximum Gasteiger partial charge on any atom is 0.309 e. The van der Waals surface area contributed by atoms with Crippen molar-refractivity contribution in [3.05, 3.63) is 53.4 Å². The molecule has 0 radical (unpaired) electrons. The van der Waals surface area contributed by atoms with Gasteiger partial charge in [-0.05, 0) is 30.3 Å². The number of aliphatic carboxylic acids is 1. The summed E-state index contributed by atoms with van der Waals surface area (Å²) in [5.41, 5.74) is 2.84. The molecule has 5 nitrogen and oxygen atoms in total. The Hall–Kier alpha value is -2.53. The van der Waals surface area contributed by atoms with Crippen molar-refractivity contribution >= 4 is 23.2 Å². The second-order valence-corrected chi connectivity index (χ2v) is 5.21. The molecule has 0 aliphatic carbocycles. The fourth-order valence-corrected chi connectivity index (χ4v) is 2.63. The van der Waals surface area contributed by atoms with Crippen LogP contribution in [0.1, 0.15) is 5.69 Å². The van der Waals surface area contributed by atoms with Crippen molar-refractivity contribution in [2.75, 3.05) is 7.11 Å². The van der Waals surface area contributed by atoms with Crippen molar-refractivity contribution in [1.82, 2.24) is 9.38 Å². The summed E-state index contributed by atoms with van der Waals surface area (Å²) in [6, 6.07) is 9.20. The first kappa shape index (κ1) is 14.4. The Kier molecular flexibility index (Phi) is 3.73. The Labute approximate surface area is 131 Å². The Balaban J connectivity index is 2.14. The number of carboxylic acids is 1. The SMILES string of the molecule is COc1ccc(-c2cccn3cc(CC(=O)O)nc23)c(Cl)c1. The van der Waals surface area contributed by atoms with Crippen LogP contribution in [0.5, 0.6) is 5.75 Å². The van der Waals surface area contributed by atoms with Gasteiger partial charge in [0.05, 0.1) is 24.2 Å². The summed E-state index contributed by atoms with van der Waals surface area (Å²) in [7, 11) is 1.58. The van der Waals surface area contributed by atoms with Gasteiger partial charge in [-0.15, -0.1) is 0 Å². The van der Waals surface area contributed by atoms with Crippen molar-refractivity contribution in [2.24, 2.45) is 0 Å². The van der Waals surface area contributed by atoms with E-state index in [1.54, 1.807) is 23.8 Å². The number of ether oxygens (including phenoxy) is 1. The number of carbonyl (C=O) groups is 1. The van der Waals surface area contributed by atoms with Crippen LogP contribution in [-0.4, -0.2) is 27.6 Å². The molecule has 0 fully saturated rings. The summed E-state index contributed by atoms with van der Waals surface area (Å²) < 4.78 is 6.95. The molecule has 2 heterocycles. The molecule has 0 aliphatic rings. The number of benzene rings is 1. The van der Waals surface area contributed by atoms with E-state index in [0.717, 1.165) is 11.1 Å². The van der Waals surface area contributed by atoms with E-state index < -0.39 is 5.97 Å². The number of imidazole rings is 1. The first-order valence-electron chi connectivity index (χ1n) is 6.61. The monoisotopic (exact) mass is 316 g/mol. The van der Waals surface area contributed by atoms with Gasteiger partial charge in [0.1, 0.15) is 11.4 Å². The highest BCUT2D eigenvalue weighted by molar-refractivity contribution is 6.33. The predicted octanol–water partition coefficient (Wildman–Crippen LogP) is 3.29. The van der Waals surface area contributed by atoms with Crippen molar-refractivity contribution in [2.45, 2.75) is 6.42 Å². The molecule has 0 spiro atoms. The van der Waals surface area contributed by atoms with Crippen LogP contribution in [0.25, 0.3) is 16.8 Å². The van der Waals surface area contributed by atoms with Gasteiger partial charge in [-0.25, -0.2) is 4.98 Å². The lowest BCUT2D eigenvalue weighted by atomic mass is 10.1. The Morgan fingerprint density at radius 1 is 1.36 bits per heavy atom. The van der Waals surface area contributed by atoms with Gasteiger partial charge in [0.15, 0.2) is 0 Å². The number of pyridine rings is 1. The van der Waals surface area contributed by atoms with Crippen molar-refractivity contribution in [3.8, 4) is 16.9 Å². The highest BCUT2D eigenvalue weighted by Gasteiger charge is 2.13. The molecule has 22 heavy (non-hydrogen) atoms. The van der Waals surface area contributed by atoms with E-state index in [-0.39, 0.29) is 6.42 Å². The van der Waals surface area contributed by atoms with Crippen molar-refractivity contribution < 1.29 is 14.6 Å². The van der Waals surface area contributed by atoms with Gasteiger partial charge in [0, 0.05) is 23.5 Å². The van der Waals surface area contributed by atoms with Gasteiger partial charge in [0.25, 0.3) is 0 Å². The molecule has 0 unspecified atom stereocenters. The second-order valence-electron chi connectivity index (χ2n) is 4.80. The molecule has 1 N–H and O–H groups in total. The summed E-state index contributed by atoms with van der Waals surface area (Å²) in [4.78, 5) is 15.2. The molecular formula is C16H13ClN2O3. The minimum absolute atomic E-state index is 0.114. The summed E-state index contributed by atoms with van der Waals surface area (Å²) in [6.07, 6.45) is 3.43. The fourth-order valence-electron chi connectivity index (χ4n) is 2.36. The smallest absolute Gasteiger partial charge is 0.309 e. The topological polar surface area (TPSA) is 63.8 Å². The van der Waals surface area contributed by atoms with Gasteiger partial charge in [-0.3, -0.25) is 4.79 Å². The third-order valence-electron chi connectivity index (χ3n) is 3.33. The van der Waals surface area contributed by atoms with E-state index in [9.17, 15) is 4.79 Å². The lowest BCUT2D eigenvalue weighted by Crippen LogP contribution is -1.99. The molecule has 3 rings (SSSR count). The molecule has 0 aliphatic heterocycles. The normalized spacial score (nSPS) is 10.8. The highest BCUT2D eigenvalue weighted by Crippen LogP contribution is 2.33. The molecule has 1 aromatic carbocycles. The van der Waals surface area contributed by atoms with E-state index in [0.29, 0.717) is 22.1 Å². The third-order valence-corrected chi connectivity index (χ3v) is 3.64. The number of halogens is 1. The number of carboxylic acid groups (broad SMARTS) is 1. The van der Waals surface area contributed by atoms with E-state index in [1.807, 2.05) is 30.5 Å². The number of fused-ring (bicyclic) bond motifs is 1. The molecule has 2 aromatic heterocycles. The van der Waals surface area contributed by atoms with E-state index >= 15 is 0 Å². The van der Waals surface area contributed by atoms with Gasteiger partial charge >= 0.3 is 5.97 Å². The highest BCUT2D eigenvalue weighted by atomic mass is 35.5. The first-order valence-corrected chi connectivity index (χ1v) is 6.98. The number of methoxy groups -OCH3 is 1. The van der Waals surface area contributed by atoms with Crippen LogP contribution in [-0.2, 0) is 11.2 Å². The molecule has 112 valence electrons. The maximum absolute atomic E-state index is 10.8. The van der Waals surface area contributed by atoms with Crippen LogP contribution in [0, 0.1) is 0 Å². The lowest BCUT2D eigenvalue weighted by molar-refractivity contribution is -0.136. The molecule has 0 saturated carbocycles. The van der Waals surface area contributed by atoms with Crippen LogP contribution in [0.4, 0.5) is 0 Å². The maximum atomic E-state index is 10.8. The zero-order chi connectivity index (χ0) is 15.7. The lowest BCUT2D eigenvalue weighted by Gasteiger charge is -2.08.